The third-order valence-corrected chi connectivity index (χ3v) is 5.73. The SMILES string of the molecule is CC(C)(C)c1nnc(SCc2cc(=O)oc3cc4c(cc23)CCC4)n1N. The van der Waals surface area contributed by atoms with Crippen LogP contribution in [0.25, 0.3) is 11.0 Å². The number of nitrogens with zero attached hydrogens (tertiary/aromatic N) is 3. The third kappa shape index (κ3) is 3.00. The number of thioether (sulfide) groups is 1. The van der Waals surface area contributed by atoms with Gasteiger partial charge in [-0.2, -0.15) is 0 Å². The molecule has 0 saturated heterocycles. The van der Waals surface area contributed by atoms with Crippen molar-refractivity contribution in [1.29, 1.82) is 0 Å². The Morgan fingerprint density at radius 3 is 2.62 bits per heavy atom. The lowest BCUT2D eigenvalue weighted by Crippen LogP contribution is -2.24. The van der Waals surface area contributed by atoms with Crippen LogP contribution in [-0.2, 0) is 24.0 Å². The Hall–Kier alpha value is -2.28. The first-order valence-corrected chi connectivity index (χ1v) is 9.74. The van der Waals surface area contributed by atoms with E-state index in [0.717, 1.165) is 36.0 Å². The van der Waals surface area contributed by atoms with Crippen LogP contribution in [0.5, 0.6) is 0 Å². The highest BCUT2D eigenvalue weighted by molar-refractivity contribution is 7.98. The van der Waals surface area contributed by atoms with E-state index in [2.05, 4.69) is 16.3 Å². The maximum atomic E-state index is 12.0. The number of aryl methyl sites for hydroxylation is 2. The number of hydrogen-bond donors (Lipinski definition) is 1. The lowest BCUT2D eigenvalue weighted by Gasteiger charge is -2.16. The molecule has 0 radical (unpaired) electrons. The van der Waals surface area contributed by atoms with Crippen molar-refractivity contribution < 1.29 is 4.42 Å². The molecule has 0 spiro atoms. The fourth-order valence-electron chi connectivity index (χ4n) is 3.44. The van der Waals surface area contributed by atoms with Crippen LogP contribution < -0.4 is 11.5 Å². The van der Waals surface area contributed by atoms with Gasteiger partial charge in [0.1, 0.15) is 5.58 Å². The molecule has 4 rings (SSSR count). The Kier molecular flexibility index (Phi) is 4.06. The molecule has 7 heteroatoms. The van der Waals surface area contributed by atoms with Crippen LogP contribution in [0.15, 0.2) is 32.6 Å². The molecule has 1 aliphatic carbocycles. The summed E-state index contributed by atoms with van der Waals surface area (Å²) in [6.07, 6.45) is 3.30. The van der Waals surface area contributed by atoms with Gasteiger partial charge in [0, 0.05) is 22.6 Å². The fourth-order valence-corrected chi connectivity index (χ4v) is 4.29. The predicted octanol–water partition coefficient (Wildman–Crippen LogP) is 3.18. The lowest BCUT2D eigenvalue weighted by molar-refractivity contribution is 0.523. The maximum Gasteiger partial charge on any atom is 0.336 e. The molecular formula is C19H22N4O2S. The van der Waals surface area contributed by atoms with Crippen molar-refractivity contribution in [2.75, 3.05) is 5.84 Å². The molecule has 0 atom stereocenters. The average Bonchev–Trinajstić information content (AvgIpc) is 3.16. The molecule has 0 aliphatic heterocycles. The van der Waals surface area contributed by atoms with E-state index in [1.165, 1.54) is 27.6 Å². The molecule has 0 unspecified atom stereocenters. The molecule has 1 aliphatic rings. The second-order valence-corrected chi connectivity index (χ2v) is 8.72. The topological polar surface area (TPSA) is 86.9 Å². The Morgan fingerprint density at radius 1 is 1.19 bits per heavy atom. The molecule has 0 saturated carbocycles. The van der Waals surface area contributed by atoms with Crippen LogP contribution in [0.1, 0.15) is 49.7 Å². The summed E-state index contributed by atoms with van der Waals surface area (Å²) in [7, 11) is 0. The summed E-state index contributed by atoms with van der Waals surface area (Å²) < 4.78 is 6.97. The van der Waals surface area contributed by atoms with Gasteiger partial charge in [0.05, 0.1) is 0 Å². The molecule has 1 aromatic carbocycles. The molecule has 6 nitrogen and oxygen atoms in total. The summed E-state index contributed by atoms with van der Waals surface area (Å²) in [5, 5.41) is 10.1. The van der Waals surface area contributed by atoms with Gasteiger partial charge in [0.25, 0.3) is 0 Å². The molecule has 0 fully saturated rings. The van der Waals surface area contributed by atoms with Crippen molar-refractivity contribution in [1.82, 2.24) is 14.9 Å². The highest BCUT2D eigenvalue weighted by Crippen LogP contribution is 2.31. The largest absolute Gasteiger partial charge is 0.423 e. The summed E-state index contributed by atoms with van der Waals surface area (Å²) in [6, 6.07) is 5.76. The van der Waals surface area contributed by atoms with Crippen LogP contribution in [-0.4, -0.2) is 14.9 Å². The molecule has 0 bridgehead atoms. The van der Waals surface area contributed by atoms with Gasteiger partial charge in [-0.15, -0.1) is 10.2 Å². The molecule has 26 heavy (non-hydrogen) atoms. The van der Waals surface area contributed by atoms with Gasteiger partial charge < -0.3 is 10.3 Å². The van der Waals surface area contributed by atoms with Crippen molar-refractivity contribution in [3.05, 3.63) is 51.1 Å². The smallest absolute Gasteiger partial charge is 0.336 e. The van der Waals surface area contributed by atoms with E-state index >= 15 is 0 Å². The van der Waals surface area contributed by atoms with E-state index in [4.69, 9.17) is 10.3 Å². The molecule has 2 N–H and O–H groups in total. The number of fused-ring (bicyclic) bond motifs is 2. The number of nitrogens with two attached hydrogens (primary N) is 1. The van der Waals surface area contributed by atoms with E-state index in [1.54, 1.807) is 6.07 Å². The van der Waals surface area contributed by atoms with Crippen LogP contribution >= 0.6 is 11.8 Å². The number of aromatic nitrogens is 3. The van der Waals surface area contributed by atoms with E-state index in [1.807, 2.05) is 26.8 Å². The van der Waals surface area contributed by atoms with Gasteiger partial charge >= 0.3 is 5.63 Å². The predicted molar refractivity (Wildman–Crippen MR) is 103 cm³/mol. The standard InChI is InChI=1S/C19H22N4O2S/c1-19(2,3)17-21-22-18(23(17)20)26-10-13-9-16(24)25-15-8-12-6-4-5-11(12)7-14(13)15/h7-9H,4-6,10,20H2,1-3H3. The van der Waals surface area contributed by atoms with E-state index in [0.29, 0.717) is 16.5 Å². The van der Waals surface area contributed by atoms with Gasteiger partial charge in [-0.3, -0.25) is 0 Å². The highest BCUT2D eigenvalue weighted by Gasteiger charge is 2.23. The average molecular weight is 370 g/mol. The van der Waals surface area contributed by atoms with Crippen molar-refractivity contribution in [3.8, 4) is 0 Å². The quantitative estimate of drug-likeness (QED) is 0.433. The van der Waals surface area contributed by atoms with Crippen LogP contribution in [0.4, 0.5) is 0 Å². The summed E-state index contributed by atoms with van der Waals surface area (Å²) in [5.74, 6) is 7.48. The Balaban J connectivity index is 1.68. The molecular weight excluding hydrogens is 348 g/mol. The van der Waals surface area contributed by atoms with E-state index in [-0.39, 0.29) is 11.0 Å². The van der Waals surface area contributed by atoms with Crippen molar-refractivity contribution in [2.24, 2.45) is 0 Å². The van der Waals surface area contributed by atoms with E-state index < -0.39 is 0 Å². The normalized spacial score (nSPS) is 14.1. The zero-order chi connectivity index (χ0) is 18.5. The Labute approximate surface area is 155 Å². The van der Waals surface area contributed by atoms with Gasteiger partial charge in [-0.1, -0.05) is 32.5 Å². The minimum Gasteiger partial charge on any atom is -0.423 e. The van der Waals surface area contributed by atoms with Crippen molar-refractivity contribution in [2.45, 2.75) is 56.4 Å². The second-order valence-electron chi connectivity index (χ2n) is 7.78. The number of benzene rings is 1. The third-order valence-electron chi connectivity index (χ3n) is 4.73. The van der Waals surface area contributed by atoms with Gasteiger partial charge in [0.2, 0.25) is 5.16 Å². The van der Waals surface area contributed by atoms with Gasteiger partial charge in [-0.25, -0.2) is 9.47 Å². The Bertz CT molecular complexity index is 1050. The maximum absolute atomic E-state index is 12.0. The first kappa shape index (κ1) is 17.1. The molecule has 2 aromatic heterocycles. The number of rotatable bonds is 3. The number of nitrogen functional groups attached to an aromatic ring is 1. The zero-order valence-corrected chi connectivity index (χ0v) is 16.0. The molecule has 2 heterocycles. The summed E-state index contributed by atoms with van der Waals surface area (Å²) in [6.45, 7) is 6.14. The number of hydrogen-bond acceptors (Lipinski definition) is 6. The van der Waals surface area contributed by atoms with Crippen LogP contribution in [0.3, 0.4) is 0 Å². The minimum absolute atomic E-state index is 0.179. The van der Waals surface area contributed by atoms with Crippen LogP contribution in [0, 0.1) is 0 Å². The monoisotopic (exact) mass is 370 g/mol. The summed E-state index contributed by atoms with van der Waals surface area (Å²) in [4.78, 5) is 12.0. The first-order valence-electron chi connectivity index (χ1n) is 8.75. The minimum atomic E-state index is -0.323. The van der Waals surface area contributed by atoms with E-state index in [9.17, 15) is 4.79 Å². The zero-order valence-electron chi connectivity index (χ0n) is 15.2. The summed E-state index contributed by atoms with van der Waals surface area (Å²) >= 11 is 1.48. The van der Waals surface area contributed by atoms with Gasteiger partial charge in [-0.05, 0) is 48.1 Å². The first-order chi connectivity index (χ1) is 12.3. The summed E-state index contributed by atoms with van der Waals surface area (Å²) in [5.41, 5.74) is 3.75. The van der Waals surface area contributed by atoms with Gasteiger partial charge in [0.15, 0.2) is 5.82 Å². The fraction of sp³-hybridized carbons (Fsp3) is 0.421. The second kappa shape index (κ2) is 6.16. The highest BCUT2D eigenvalue weighted by atomic mass is 32.2. The van der Waals surface area contributed by atoms with Crippen molar-refractivity contribution >= 4 is 22.7 Å². The van der Waals surface area contributed by atoms with Crippen molar-refractivity contribution in [3.63, 3.8) is 0 Å². The Morgan fingerprint density at radius 2 is 1.92 bits per heavy atom. The molecule has 0 amide bonds. The molecule has 136 valence electrons. The van der Waals surface area contributed by atoms with Crippen LogP contribution in [0.2, 0.25) is 0 Å². The molecule has 3 aromatic rings. The lowest BCUT2D eigenvalue weighted by atomic mass is 9.96.